The first-order chi connectivity index (χ1) is 11.6. The lowest BCUT2D eigenvalue weighted by molar-refractivity contribution is -0.137. The topological polar surface area (TPSA) is 66.8 Å². The second-order valence-electron chi connectivity index (χ2n) is 6.62. The minimum absolute atomic E-state index is 0.0107. The molecule has 0 spiro atoms. The van der Waals surface area contributed by atoms with Crippen LogP contribution in [0.4, 0.5) is 0 Å². The van der Waals surface area contributed by atoms with Crippen molar-refractivity contribution in [2.24, 2.45) is 11.8 Å². The van der Waals surface area contributed by atoms with E-state index in [2.05, 4.69) is 0 Å². The third kappa shape index (κ3) is 5.99. The summed E-state index contributed by atoms with van der Waals surface area (Å²) in [6, 6.07) is 9.63. The number of benzene rings is 1. The molecular formula is C19H27ClO4. The molecule has 0 bridgehead atoms. The molecule has 24 heavy (non-hydrogen) atoms. The Morgan fingerprint density at radius 3 is 2.54 bits per heavy atom. The van der Waals surface area contributed by atoms with Crippen molar-refractivity contribution in [1.82, 2.24) is 0 Å². The Hall–Kier alpha value is -1.26. The van der Waals surface area contributed by atoms with Crippen LogP contribution in [0.5, 0.6) is 5.75 Å². The summed E-state index contributed by atoms with van der Waals surface area (Å²) in [4.78, 5) is 10.5. The van der Waals surface area contributed by atoms with E-state index in [0.717, 1.165) is 37.9 Å². The number of carboxylic acids is 1. The Morgan fingerprint density at radius 1 is 1.12 bits per heavy atom. The van der Waals surface area contributed by atoms with Gasteiger partial charge in [0.05, 0.1) is 12.7 Å². The van der Waals surface area contributed by atoms with Crippen LogP contribution in [0.3, 0.4) is 0 Å². The number of halogens is 1. The van der Waals surface area contributed by atoms with Gasteiger partial charge in [0.25, 0.3) is 0 Å². The van der Waals surface area contributed by atoms with E-state index in [1.165, 1.54) is 0 Å². The SMILES string of the molecule is O=C(O)CCCCCC[C@@H]1[C@@H](COc2ccccc2)[C@H](O)C[C@@H]1Cl. The standard InChI is InChI=1S/C19H27ClO4/c20-17-12-18(21)16(13-24-14-8-4-3-5-9-14)15(17)10-6-1-2-7-11-19(22)23/h3-5,8-9,15-18,21H,1-2,6-7,10-13H2,(H,22,23)/t15-,16-,17+,18-/m1/s1. The van der Waals surface area contributed by atoms with E-state index in [-0.39, 0.29) is 23.6 Å². The van der Waals surface area contributed by atoms with Crippen LogP contribution in [-0.4, -0.2) is 34.3 Å². The summed E-state index contributed by atoms with van der Waals surface area (Å²) in [5.74, 6) is 0.402. The van der Waals surface area contributed by atoms with Crippen molar-refractivity contribution in [3.63, 3.8) is 0 Å². The molecule has 0 amide bonds. The molecule has 1 aliphatic rings. The van der Waals surface area contributed by atoms with Gasteiger partial charge in [-0.1, -0.05) is 37.5 Å². The van der Waals surface area contributed by atoms with Crippen molar-refractivity contribution < 1.29 is 19.7 Å². The minimum atomic E-state index is -0.729. The van der Waals surface area contributed by atoms with Gasteiger partial charge in [-0.25, -0.2) is 0 Å². The van der Waals surface area contributed by atoms with Gasteiger partial charge in [-0.2, -0.15) is 0 Å². The van der Waals surface area contributed by atoms with Crippen LogP contribution in [0.25, 0.3) is 0 Å². The number of alkyl halides is 1. The molecule has 4 atom stereocenters. The zero-order valence-corrected chi connectivity index (χ0v) is 14.7. The van der Waals surface area contributed by atoms with Crippen LogP contribution in [0.1, 0.15) is 44.9 Å². The highest BCUT2D eigenvalue weighted by Crippen LogP contribution is 2.39. The predicted molar refractivity (Wildman–Crippen MR) is 94.5 cm³/mol. The van der Waals surface area contributed by atoms with Gasteiger partial charge in [0.15, 0.2) is 0 Å². The van der Waals surface area contributed by atoms with Crippen LogP contribution in [0.2, 0.25) is 0 Å². The molecule has 134 valence electrons. The van der Waals surface area contributed by atoms with Crippen LogP contribution in [0.15, 0.2) is 30.3 Å². The Labute approximate surface area is 148 Å². The van der Waals surface area contributed by atoms with Gasteiger partial charge in [-0.15, -0.1) is 11.6 Å². The minimum Gasteiger partial charge on any atom is -0.493 e. The highest BCUT2D eigenvalue weighted by Gasteiger charge is 2.41. The van der Waals surface area contributed by atoms with E-state index in [4.69, 9.17) is 21.4 Å². The summed E-state index contributed by atoms with van der Waals surface area (Å²) in [6.45, 7) is 0.484. The van der Waals surface area contributed by atoms with Crippen LogP contribution >= 0.6 is 11.6 Å². The lowest BCUT2D eigenvalue weighted by Crippen LogP contribution is -2.27. The first-order valence-electron chi connectivity index (χ1n) is 8.79. The van der Waals surface area contributed by atoms with Crippen LogP contribution in [-0.2, 0) is 4.79 Å². The molecule has 5 heteroatoms. The van der Waals surface area contributed by atoms with Crippen LogP contribution < -0.4 is 4.74 Å². The van der Waals surface area contributed by atoms with Crippen molar-refractivity contribution in [3.8, 4) is 5.75 Å². The van der Waals surface area contributed by atoms with Gasteiger partial charge >= 0.3 is 5.97 Å². The summed E-state index contributed by atoms with van der Waals surface area (Å²) < 4.78 is 5.83. The normalized spacial score (nSPS) is 26.4. The summed E-state index contributed by atoms with van der Waals surface area (Å²) in [7, 11) is 0. The van der Waals surface area contributed by atoms with Gasteiger partial charge < -0.3 is 14.9 Å². The van der Waals surface area contributed by atoms with Crippen molar-refractivity contribution in [2.45, 2.75) is 56.4 Å². The molecular weight excluding hydrogens is 328 g/mol. The number of ether oxygens (including phenoxy) is 1. The van der Waals surface area contributed by atoms with Crippen molar-refractivity contribution in [2.75, 3.05) is 6.61 Å². The fourth-order valence-electron chi connectivity index (χ4n) is 3.48. The first-order valence-corrected chi connectivity index (χ1v) is 9.23. The maximum absolute atomic E-state index is 10.5. The molecule has 2 rings (SSSR count). The number of rotatable bonds is 10. The fourth-order valence-corrected chi connectivity index (χ4v) is 3.98. The van der Waals surface area contributed by atoms with E-state index in [0.29, 0.717) is 13.0 Å². The molecule has 0 radical (unpaired) electrons. The molecule has 1 aliphatic carbocycles. The van der Waals surface area contributed by atoms with E-state index in [1.54, 1.807) is 0 Å². The summed E-state index contributed by atoms with van der Waals surface area (Å²) in [6.07, 6.45) is 5.10. The molecule has 1 aromatic carbocycles. The molecule has 0 saturated heterocycles. The largest absolute Gasteiger partial charge is 0.493 e. The van der Waals surface area contributed by atoms with Gasteiger partial charge in [-0.05, 0) is 37.3 Å². The number of carbonyl (C=O) groups is 1. The van der Waals surface area contributed by atoms with E-state index in [9.17, 15) is 9.90 Å². The van der Waals surface area contributed by atoms with Gasteiger partial charge in [0.1, 0.15) is 5.75 Å². The maximum Gasteiger partial charge on any atom is 0.303 e. The van der Waals surface area contributed by atoms with Crippen LogP contribution in [0, 0.1) is 11.8 Å². The molecule has 1 aromatic rings. The highest BCUT2D eigenvalue weighted by atomic mass is 35.5. The molecule has 0 aliphatic heterocycles. The van der Waals surface area contributed by atoms with Crippen molar-refractivity contribution in [3.05, 3.63) is 30.3 Å². The maximum atomic E-state index is 10.5. The average molecular weight is 355 g/mol. The fraction of sp³-hybridized carbons (Fsp3) is 0.632. The summed E-state index contributed by atoms with van der Waals surface area (Å²) >= 11 is 6.44. The number of hydrogen-bond donors (Lipinski definition) is 2. The van der Waals surface area contributed by atoms with Crippen molar-refractivity contribution in [1.29, 1.82) is 0 Å². The summed E-state index contributed by atoms with van der Waals surface area (Å²) in [5.41, 5.74) is 0. The van der Waals surface area contributed by atoms with E-state index < -0.39 is 12.1 Å². The van der Waals surface area contributed by atoms with Crippen molar-refractivity contribution >= 4 is 17.6 Å². The van der Waals surface area contributed by atoms with Gasteiger partial charge in [0, 0.05) is 17.7 Å². The second-order valence-corrected chi connectivity index (χ2v) is 7.18. The van der Waals surface area contributed by atoms with Gasteiger partial charge in [0.2, 0.25) is 0 Å². The molecule has 1 saturated carbocycles. The number of para-hydroxylation sites is 1. The molecule has 0 aromatic heterocycles. The Morgan fingerprint density at radius 2 is 1.83 bits per heavy atom. The molecule has 2 N–H and O–H groups in total. The lowest BCUT2D eigenvalue weighted by Gasteiger charge is -2.23. The zero-order valence-electron chi connectivity index (χ0n) is 13.9. The Kier molecular flexibility index (Phi) is 7.86. The monoisotopic (exact) mass is 354 g/mol. The molecule has 4 nitrogen and oxygen atoms in total. The Bertz CT molecular complexity index is 493. The highest BCUT2D eigenvalue weighted by molar-refractivity contribution is 6.21. The lowest BCUT2D eigenvalue weighted by atomic mass is 9.90. The first kappa shape index (κ1) is 19.1. The van der Waals surface area contributed by atoms with E-state index >= 15 is 0 Å². The number of aliphatic hydroxyl groups is 1. The number of unbranched alkanes of at least 4 members (excludes halogenated alkanes) is 3. The number of aliphatic carboxylic acids is 1. The molecule has 0 heterocycles. The number of hydrogen-bond acceptors (Lipinski definition) is 3. The Balaban J connectivity index is 1.75. The van der Waals surface area contributed by atoms with E-state index in [1.807, 2.05) is 30.3 Å². The average Bonchev–Trinajstić information content (AvgIpc) is 2.83. The zero-order chi connectivity index (χ0) is 17.4. The second kappa shape index (κ2) is 9.90. The summed E-state index contributed by atoms with van der Waals surface area (Å²) in [5, 5.41) is 18.9. The smallest absolute Gasteiger partial charge is 0.303 e. The van der Waals surface area contributed by atoms with Gasteiger partial charge in [-0.3, -0.25) is 4.79 Å². The molecule has 0 unspecified atom stereocenters. The third-order valence-electron chi connectivity index (χ3n) is 4.84. The quantitative estimate of drug-likeness (QED) is 0.490. The number of aliphatic hydroxyl groups excluding tert-OH is 1. The predicted octanol–water partition coefficient (Wildman–Crippen LogP) is 4.10. The molecule has 1 fully saturated rings. The third-order valence-corrected chi connectivity index (χ3v) is 5.34. The number of carboxylic acid groups (broad SMARTS) is 1.